The average Bonchev–Trinajstić information content (AvgIpc) is 2.87. The predicted octanol–water partition coefficient (Wildman–Crippen LogP) is 7.92. The molecule has 0 atom stereocenters. The lowest BCUT2D eigenvalue weighted by molar-refractivity contribution is -0.140. The van der Waals surface area contributed by atoms with Gasteiger partial charge in [-0.05, 0) is 86.6 Å². The van der Waals surface area contributed by atoms with Crippen molar-refractivity contribution in [2.24, 2.45) is 11.8 Å². The molecule has 0 aromatic heterocycles. The van der Waals surface area contributed by atoms with E-state index in [0.29, 0.717) is 5.75 Å². The van der Waals surface area contributed by atoms with Gasteiger partial charge in [-0.25, -0.2) is 0 Å². The molecule has 1 aliphatic carbocycles. The molecule has 0 saturated heterocycles. The number of esters is 1. The Kier molecular flexibility index (Phi) is 10.8. The van der Waals surface area contributed by atoms with Crippen molar-refractivity contribution in [2.45, 2.75) is 84.5 Å². The SMILES string of the molecule is CCCCC#Cc1ccc(C#Cc2ccc(OC(=O)C3CCC(CCCCC)CC3)cc2)cc1. The van der Waals surface area contributed by atoms with Crippen molar-refractivity contribution in [3.8, 4) is 29.4 Å². The molecule has 2 nitrogen and oxygen atoms in total. The molecule has 1 saturated carbocycles. The molecule has 0 radical (unpaired) electrons. The highest BCUT2D eigenvalue weighted by atomic mass is 16.5. The fourth-order valence-electron chi connectivity index (χ4n) is 4.39. The summed E-state index contributed by atoms with van der Waals surface area (Å²) in [5.74, 6) is 14.1. The summed E-state index contributed by atoms with van der Waals surface area (Å²) in [6.07, 6.45) is 12.7. The number of ether oxygens (including phenoxy) is 1. The zero-order valence-electron chi connectivity index (χ0n) is 20.9. The molecular formula is C32H38O2. The lowest BCUT2D eigenvalue weighted by Crippen LogP contribution is -2.25. The number of unbranched alkanes of at least 4 members (excludes halogenated alkanes) is 4. The van der Waals surface area contributed by atoms with Crippen LogP contribution in [-0.2, 0) is 4.79 Å². The highest BCUT2D eigenvalue weighted by molar-refractivity contribution is 5.75. The normalized spacial score (nSPS) is 17.1. The van der Waals surface area contributed by atoms with Gasteiger partial charge in [0.1, 0.15) is 5.75 Å². The van der Waals surface area contributed by atoms with E-state index in [1.807, 2.05) is 48.5 Å². The van der Waals surface area contributed by atoms with Crippen molar-refractivity contribution in [1.29, 1.82) is 0 Å². The standard InChI is InChI=1S/C32H38O2/c1-3-5-7-9-11-26-12-14-28(15-13-26)16-17-29-20-24-31(25-21-29)34-32(33)30-22-18-27(19-23-30)10-8-6-4-2/h12-15,20-21,24-25,27,30H,3-8,10,18-19,22-23H2,1-2H3. The molecule has 3 rings (SSSR count). The summed E-state index contributed by atoms with van der Waals surface area (Å²) in [7, 11) is 0. The van der Waals surface area contributed by atoms with Gasteiger partial charge in [0, 0.05) is 23.1 Å². The number of carbonyl (C=O) groups excluding carboxylic acids is 1. The number of rotatable bonds is 8. The average molecular weight is 455 g/mol. The van der Waals surface area contributed by atoms with E-state index in [2.05, 4.69) is 37.5 Å². The van der Waals surface area contributed by atoms with Crippen LogP contribution in [0.3, 0.4) is 0 Å². The van der Waals surface area contributed by atoms with Crippen molar-refractivity contribution in [1.82, 2.24) is 0 Å². The fourth-order valence-corrected chi connectivity index (χ4v) is 4.39. The Morgan fingerprint density at radius 1 is 0.765 bits per heavy atom. The van der Waals surface area contributed by atoms with E-state index < -0.39 is 0 Å². The van der Waals surface area contributed by atoms with Gasteiger partial charge in [-0.15, -0.1) is 0 Å². The molecule has 0 heterocycles. The summed E-state index contributed by atoms with van der Waals surface area (Å²) >= 11 is 0. The molecule has 0 bridgehead atoms. The maximum absolute atomic E-state index is 12.6. The molecule has 0 unspecified atom stereocenters. The third-order valence-electron chi connectivity index (χ3n) is 6.59. The summed E-state index contributed by atoms with van der Waals surface area (Å²) in [6.45, 7) is 4.42. The van der Waals surface area contributed by atoms with Gasteiger partial charge in [0.15, 0.2) is 0 Å². The molecule has 1 aliphatic rings. The predicted molar refractivity (Wildman–Crippen MR) is 140 cm³/mol. The van der Waals surface area contributed by atoms with Crippen molar-refractivity contribution in [2.75, 3.05) is 0 Å². The topological polar surface area (TPSA) is 26.3 Å². The van der Waals surface area contributed by atoms with E-state index in [1.165, 1.54) is 32.1 Å². The van der Waals surface area contributed by atoms with Crippen LogP contribution in [0.15, 0.2) is 48.5 Å². The second-order valence-electron chi connectivity index (χ2n) is 9.39. The molecule has 0 amide bonds. The van der Waals surface area contributed by atoms with Crippen LogP contribution >= 0.6 is 0 Å². The van der Waals surface area contributed by atoms with Crippen LogP contribution in [0.1, 0.15) is 101 Å². The van der Waals surface area contributed by atoms with Gasteiger partial charge < -0.3 is 4.74 Å². The molecule has 178 valence electrons. The van der Waals surface area contributed by atoms with Gasteiger partial charge in [-0.1, -0.05) is 69.6 Å². The van der Waals surface area contributed by atoms with Crippen LogP contribution < -0.4 is 4.74 Å². The number of hydrogen-bond donors (Lipinski definition) is 0. The highest BCUT2D eigenvalue weighted by Gasteiger charge is 2.27. The molecule has 0 spiro atoms. The first kappa shape index (κ1) is 25.6. The molecule has 0 aliphatic heterocycles. The van der Waals surface area contributed by atoms with Gasteiger partial charge in [-0.2, -0.15) is 0 Å². The molecule has 2 aromatic rings. The molecule has 2 heteroatoms. The highest BCUT2D eigenvalue weighted by Crippen LogP contribution is 2.33. The maximum Gasteiger partial charge on any atom is 0.314 e. The Morgan fingerprint density at radius 2 is 1.32 bits per heavy atom. The third kappa shape index (κ3) is 8.76. The zero-order valence-corrected chi connectivity index (χ0v) is 20.9. The van der Waals surface area contributed by atoms with Crippen LogP contribution in [0.2, 0.25) is 0 Å². The number of carbonyl (C=O) groups is 1. The van der Waals surface area contributed by atoms with Gasteiger partial charge in [0.2, 0.25) is 0 Å². The molecule has 1 fully saturated rings. The van der Waals surface area contributed by atoms with E-state index in [9.17, 15) is 4.79 Å². The van der Waals surface area contributed by atoms with Crippen molar-refractivity contribution >= 4 is 5.97 Å². The fraction of sp³-hybridized carbons (Fsp3) is 0.469. The van der Waals surface area contributed by atoms with Crippen LogP contribution in [0.5, 0.6) is 5.75 Å². The van der Waals surface area contributed by atoms with Crippen molar-refractivity contribution in [3.05, 3.63) is 65.2 Å². The largest absolute Gasteiger partial charge is 0.426 e. The van der Waals surface area contributed by atoms with Crippen LogP contribution in [0, 0.1) is 35.5 Å². The van der Waals surface area contributed by atoms with Crippen LogP contribution in [0.25, 0.3) is 0 Å². The summed E-state index contributed by atoms with van der Waals surface area (Å²) < 4.78 is 5.67. The van der Waals surface area contributed by atoms with Gasteiger partial charge in [0.05, 0.1) is 5.92 Å². The van der Waals surface area contributed by atoms with Gasteiger partial charge in [-0.3, -0.25) is 4.79 Å². The number of benzene rings is 2. The van der Waals surface area contributed by atoms with Crippen LogP contribution in [0.4, 0.5) is 0 Å². The van der Waals surface area contributed by atoms with Crippen molar-refractivity contribution < 1.29 is 9.53 Å². The van der Waals surface area contributed by atoms with E-state index in [-0.39, 0.29) is 11.9 Å². The summed E-state index contributed by atoms with van der Waals surface area (Å²) in [5.41, 5.74) is 2.88. The summed E-state index contributed by atoms with van der Waals surface area (Å²) in [5, 5.41) is 0. The lowest BCUT2D eigenvalue weighted by atomic mass is 9.80. The van der Waals surface area contributed by atoms with Crippen LogP contribution in [-0.4, -0.2) is 5.97 Å². The van der Waals surface area contributed by atoms with E-state index in [4.69, 9.17) is 4.74 Å². The quantitative estimate of drug-likeness (QED) is 0.175. The van der Waals surface area contributed by atoms with Crippen molar-refractivity contribution in [3.63, 3.8) is 0 Å². The van der Waals surface area contributed by atoms with E-state index >= 15 is 0 Å². The monoisotopic (exact) mass is 454 g/mol. The first-order chi connectivity index (χ1) is 16.7. The minimum absolute atomic E-state index is 0.0428. The van der Waals surface area contributed by atoms with Gasteiger partial charge in [0.25, 0.3) is 0 Å². The maximum atomic E-state index is 12.6. The summed E-state index contributed by atoms with van der Waals surface area (Å²) in [6, 6.07) is 15.5. The van der Waals surface area contributed by atoms with E-state index in [1.54, 1.807) is 0 Å². The second kappa shape index (κ2) is 14.3. The van der Waals surface area contributed by atoms with Gasteiger partial charge >= 0.3 is 5.97 Å². The zero-order chi connectivity index (χ0) is 24.0. The Bertz CT molecular complexity index is 1000. The van der Waals surface area contributed by atoms with E-state index in [0.717, 1.165) is 61.1 Å². The molecule has 2 aromatic carbocycles. The second-order valence-corrected chi connectivity index (χ2v) is 9.39. The first-order valence-electron chi connectivity index (χ1n) is 13.1. The minimum Gasteiger partial charge on any atom is -0.426 e. The first-order valence-corrected chi connectivity index (χ1v) is 13.1. The molecular weight excluding hydrogens is 416 g/mol. The number of hydrogen-bond acceptors (Lipinski definition) is 2. The Balaban J connectivity index is 1.46. The smallest absolute Gasteiger partial charge is 0.314 e. The lowest BCUT2D eigenvalue weighted by Gasteiger charge is -2.27. The minimum atomic E-state index is -0.0799. The Hall–Kier alpha value is -2.97. The molecule has 0 N–H and O–H groups in total. The Morgan fingerprint density at radius 3 is 1.91 bits per heavy atom. The Labute approximate surface area is 206 Å². The summed E-state index contributed by atoms with van der Waals surface area (Å²) in [4.78, 5) is 12.6. The molecule has 34 heavy (non-hydrogen) atoms. The third-order valence-corrected chi connectivity index (χ3v) is 6.59.